The Morgan fingerprint density at radius 3 is 2.76 bits per heavy atom. The molecule has 0 spiro atoms. The van der Waals surface area contributed by atoms with Crippen molar-refractivity contribution in [2.75, 3.05) is 35.7 Å². The zero-order chi connectivity index (χ0) is 23.4. The number of sulfonamides is 1. The molecule has 4 rings (SSSR count). The summed E-state index contributed by atoms with van der Waals surface area (Å²) in [6, 6.07) is 5.88. The molecular weight excluding hydrogens is 464 g/mol. The molecule has 12 heteroatoms. The summed E-state index contributed by atoms with van der Waals surface area (Å²) in [7, 11) is -3.84. The number of rotatable bonds is 8. The number of nitrogens with zero attached hydrogens (tertiary/aromatic N) is 4. The minimum Gasteiger partial charge on any atom is -0.376 e. The van der Waals surface area contributed by atoms with E-state index < -0.39 is 10.0 Å². The van der Waals surface area contributed by atoms with E-state index in [1.165, 1.54) is 30.0 Å². The van der Waals surface area contributed by atoms with E-state index in [1.54, 1.807) is 6.07 Å². The van der Waals surface area contributed by atoms with Gasteiger partial charge in [-0.05, 0) is 49.8 Å². The van der Waals surface area contributed by atoms with E-state index >= 15 is 0 Å². The van der Waals surface area contributed by atoms with E-state index in [1.807, 2.05) is 0 Å². The fraction of sp³-hybridized carbons (Fsp3) is 0.571. The molecule has 1 aromatic heterocycles. The quantitative estimate of drug-likeness (QED) is 0.533. The van der Waals surface area contributed by atoms with Crippen LogP contribution in [0.1, 0.15) is 32.6 Å². The lowest BCUT2D eigenvalue weighted by Crippen LogP contribution is -2.35. The second-order valence-electron chi connectivity index (χ2n) is 8.61. The van der Waals surface area contributed by atoms with Crippen molar-refractivity contribution in [2.45, 2.75) is 55.3 Å². The minimum absolute atomic E-state index is 0.0512. The predicted octanol–water partition coefficient (Wildman–Crippen LogP) is 2.07. The van der Waals surface area contributed by atoms with Gasteiger partial charge in [-0.25, -0.2) is 13.6 Å². The van der Waals surface area contributed by atoms with Crippen LogP contribution >= 0.6 is 11.8 Å². The summed E-state index contributed by atoms with van der Waals surface area (Å²) >= 11 is 1.31. The van der Waals surface area contributed by atoms with Gasteiger partial charge in [0.1, 0.15) is 0 Å². The zero-order valence-corrected chi connectivity index (χ0v) is 20.3. The smallest absolute Gasteiger partial charge is 0.238 e. The highest BCUT2D eigenvalue weighted by molar-refractivity contribution is 7.99. The summed E-state index contributed by atoms with van der Waals surface area (Å²) in [6.07, 6.45) is 4.41. The van der Waals surface area contributed by atoms with Gasteiger partial charge in [0.25, 0.3) is 0 Å². The molecule has 1 amide bonds. The van der Waals surface area contributed by atoms with Gasteiger partial charge in [-0.15, -0.1) is 10.2 Å². The summed E-state index contributed by atoms with van der Waals surface area (Å²) < 4.78 is 31.0. The maximum absolute atomic E-state index is 12.5. The van der Waals surface area contributed by atoms with Crippen LogP contribution in [-0.2, 0) is 26.1 Å². The van der Waals surface area contributed by atoms with Gasteiger partial charge in [0, 0.05) is 25.4 Å². The predicted molar refractivity (Wildman–Crippen MR) is 127 cm³/mol. The molecule has 2 fully saturated rings. The van der Waals surface area contributed by atoms with Crippen molar-refractivity contribution in [3.8, 4) is 0 Å². The monoisotopic (exact) mass is 494 g/mol. The van der Waals surface area contributed by atoms with Gasteiger partial charge in [0.15, 0.2) is 5.16 Å². The number of carbonyl (C=O) groups is 1. The van der Waals surface area contributed by atoms with Gasteiger partial charge < -0.3 is 15.0 Å². The van der Waals surface area contributed by atoms with E-state index in [0.717, 1.165) is 51.3 Å². The van der Waals surface area contributed by atoms with Crippen LogP contribution in [0, 0.1) is 5.92 Å². The van der Waals surface area contributed by atoms with E-state index in [-0.39, 0.29) is 22.7 Å². The Bertz CT molecular complexity index is 1080. The Balaban J connectivity index is 1.44. The lowest BCUT2D eigenvalue weighted by molar-refractivity contribution is -0.113. The number of benzene rings is 1. The molecule has 2 aromatic rings. The number of carbonyl (C=O) groups excluding carboxylic acids is 1. The van der Waals surface area contributed by atoms with E-state index in [9.17, 15) is 13.2 Å². The average Bonchev–Trinajstić information content (AvgIpc) is 3.43. The number of anilines is 2. The van der Waals surface area contributed by atoms with Gasteiger partial charge >= 0.3 is 0 Å². The molecule has 33 heavy (non-hydrogen) atoms. The topological polar surface area (TPSA) is 132 Å². The van der Waals surface area contributed by atoms with Crippen LogP contribution in [0.3, 0.4) is 0 Å². The number of nitrogens with one attached hydrogen (secondary N) is 1. The molecule has 3 heterocycles. The maximum atomic E-state index is 12.5. The van der Waals surface area contributed by atoms with E-state index in [4.69, 9.17) is 9.88 Å². The fourth-order valence-electron chi connectivity index (χ4n) is 4.06. The summed E-state index contributed by atoms with van der Waals surface area (Å²) in [5.74, 6) is 1.38. The van der Waals surface area contributed by atoms with Crippen molar-refractivity contribution < 1.29 is 17.9 Å². The van der Waals surface area contributed by atoms with Crippen molar-refractivity contribution in [1.29, 1.82) is 0 Å². The van der Waals surface area contributed by atoms with Gasteiger partial charge in [-0.2, -0.15) is 0 Å². The van der Waals surface area contributed by atoms with Crippen LogP contribution < -0.4 is 15.4 Å². The molecule has 2 saturated heterocycles. The molecule has 2 aliphatic heterocycles. The standard InChI is InChI=1S/C21H30N6O4S2/c1-15-7-9-26(10-8-15)20-24-25-21(27(20)13-17-5-3-11-31-17)32-14-19(28)23-16-4-2-6-18(12-16)33(22,29)30/h2,4,6,12,15,17H,3,5,7-11,13-14H2,1H3,(H,23,28)(H2,22,29,30). The van der Waals surface area contributed by atoms with Crippen LogP contribution in [0.15, 0.2) is 34.3 Å². The number of hydrogen-bond donors (Lipinski definition) is 2. The first-order valence-corrected chi connectivity index (χ1v) is 13.7. The maximum Gasteiger partial charge on any atom is 0.238 e. The zero-order valence-electron chi connectivity index (χ0n) is 18.6. The van der Waals surface area contributed by atoms with Crippen LogP contribution in [0.25, 0.3) is 0 Å². The van der Waals surface area contributed by atoms with Crippen LogP contribution in [-0.4, -0.2) is 60.6 Å². The molecule has 0 aliphatic carbocycles. The minimum atomic E-state index is -3.84. The molecule has 1 unspecified atom stereocenters. The largest absolute Gasteiger partial charge is 0.376 e. The second kappa shape index (κ2) is 10.4. The summed E-state index contributed by atoms with van der Waals surface area (Å²) in [4.78, 5) is 14.8. The third kappa shape index (κ3) is 6.25. The van der Waals surface area contributed by atoms with E-state index in [0.29, 0.717) is 23.3 Å². The van der Waals surface area contributed by atoms with Crippen LogP contribution in [0.4, 0.5) is 11.6 Å². The number of thioether (sulfide) groups is 1. The van der Waals surface area contributed by atoms with Crippen LogP contribution in [0.5, 0.6) is 0 Å². The Kier molecular flexibility index (Phi) is 7.57. The SMILES string of the molecule is CC1CCN(c2nnc(SCC(=O)Nc3cccc(S(N)(=O)=O)c3)n2CC2CCCO2)CC1. The lowest BCUT2D eigenvalue weighted by atomic mass is 10.00. The highest BCUT2D eigenvalue weighted by atomic mass is 32.2. The number of amides is 1. The number of ether oxygens (including phenoxy) is 1. The summed E-state index contributed by atoms with van der Waals surface area (Å²) in [5.41, 5.74) is 0.371. The van der Waals surface area contributed by atoms with Gasteiger partial charge in [-0.1, -0.05) is 24.8 Å². The Labute approximate surface area is 198 Å². The molecule has 10 nitrogen and oxygen atoms in total. The first-order valence-electron chi connectivity index (χ1n) is 11.1. The van der Waals surface area contributed by atoms with Gasteiger partial charge in [0.2, 0.25) is 21.9 Å². The summed E-state index contributed by atoms with van der Waals surface area (Å²) in [5, 5.41) is 17.4. The third-order valence-corrected chi connectivity index (χ3v) is 7.83. The molecule has 0 bridgehead atoms. The molecule has 2 aliphatic rings. The Morgan fingerprint density at radius 1 is 1.27 bits per heavy atom. The second-order valence-corrected chi connectivity index (χ2v) is 11.1. The number of aromatic nitrogens is 3. The van der Waals surface area contributed by atoms with Crippen molar-refractivity contribution in [1.82, 2.24) is 14.8 Å². The molecule has 0 saturated carbocycles. The Hall–Kier alpha value is -2.15. The first kappa shape index (κ1) is 24.0. The highest BCUT2D eigenvalue weighted by Crippen LogP contribution is 2.28. The molecule has 180 valence electrons. The number of hydrogen-bond acceptors (Lipinski definition) is 8. The fourth-order valence-corrected chi connectivity index (χ4v) is 5.36. The number of piperidine rings is 1. The van der Waals surface area contributed by atoms with Crippen molar-refractivity contribution in [3.05, 3.63) is 24.3 Å². The molecule has 0 radical (unpaired) electrons. The lowest BCUT2D eigenvalue weighted by Gasteiger charge is -2.31. The van der Waals surface area contributed by atoms with Crippen molar-refractivity contribution in [3.63, 3.8) is 0 Å². The molecule has 1 aromatic carbocycles. The summed E-state index contributed by atoms with van der Waals surface area (Å²) in [6.45, 7) is 5.58. The molecule has 1 atom stereocenters. The average molecular weight is 495 g/mol. The molecule has 3 N–H and O–H groups in total. The van der Waals surface area contributed by atoms with Crippen LogP contribution in [0.2, 0.25) is 0 Å². The van der Waals surface area contributed by atoms with Crippen molar-refractivity contribution >= 4 is 39.3 Å². The third-order valence-electron chi connectivity index (χ3n) is 5.95. The van der Waals surface area contributed by atoms with Crippen molar-refractivity contribution in [2.24, 2.45) is 11.1 Å². The normalized spacial score (nSPS) is 19.7. The Morgan fingerprint density at radius 2 is 2.06 bits per heavy atom. The first-order chi connectivity index (χ1) is 15.8. The highest BCUT2D eigenvalue weighted by Gasteiger charge is 2.26. The van der Waals surface area contributed by atoms with Gasteiger partial charge in [0.05, 0.1) is 23.3 Å². The van der Waals surface area contributed by atoms with Gasteiger partial charge in [-0.3, -0.25) is 9.36 Å². The number of nitrogens with two attached hydrogens (primary N) is 1. The molecular formula is C21H30N6O4S2. The number of primary sulfonamides is 1. The van der Waals surface area contributed by atoms with E-state index in [2.05, 4.69) is 31.9 Å².